The number of ether oxygens (including phenoxy) is 2. The number of H-pyrrole nitrogens is 1. The lowest BCUT2D eigenvalue weighted by molar-refractivity contribution is -0.277. The molecule has 5 atom stereocenters. The van der Waals surface area contributed by atoms with E-state index in [0.717, 1.165) is 36.0 Å². The lowest BCUT2D eigenvalue weighted by atomic mass is 9.99. The molecule has 0 spiro atoms. The first kappa shape index (κ1) is 22.0. The topological polar surface area (TPSA) is 118 Å². The second kappa shape index (κ2) is 9.42. The third-order valence-electron chi connectivity index (χ3n) is 5.65. The molecule has 0 aliphatic carbocycles. The van der Waals surface area contributed by atoms with Crippen molar-refractivity contribution in [2.45, 2.75) is 63.9 Å². The summed E-state index contributed by atoms with van der Waals surface area (Å²) < 4.78 is 11.4. The molecule has 5 unspecified atom stereocenters. The van der Waals surface area contributed by atoms with Crippen LogP contribution in [0.25, 0.3) is 10.9 Å². The van der Waals surface area contributed by atoms with Gasteiger partial charge in [0.2, 0.25) is 6.29 Å². The second-order valence-electron chi connectivity index (χ2n) is 7.78. The summed E-state index contributed by atoms with van der Waals surface area (Å²) in [4.78, 5) is 5.63. The Balaban J connectivity index is 1.83. The van der Waals surface area contributed by atoms with Gasteiger partial charge >= 0.3 is 0 Å². The van der Waals surface area contributed by atoms with Crippen LogP contribution in [-0.2, 0) is 11.2 Å². The number of aromatic nitrogens is 1. The number of likely N-dealkylation sites (N-methyl/N-ethyl adjacent to an activating group) is 1. The number of fused-ring (bicyclic) bond motifs is 1. The smallest absolute Gasteiger partial charge is 0.229 e. The third kappa shape index (κ3) is 4.58. The van der Waals surface area contributed by atoms with Crippen LogP contribution in [0.2, 0.25) is 0 Å². The molecule has 0 amide bonds. The Morgan fingerprint density at radius 1 is 1.17 bits per heavy atom. The van der Waals surface area contributed by atoms with Crippen molar-refractivity contribution < 1.29 is 29.9 Å². The minimum Gasteiger partial charge on any atom is -0.461 e. The molecule has 1 aliphatic heterocycles. The molecule has 8 heteroatoms. The number of nitrogens with one attached hydrogen (secondary N) is 1. The molecule has 1 saturated heterocycles. The first-order valence-corrected chi connectivity index (χ1v) is 10.2. The molecule has 1 fully saturated rings. The molecule has 2 aromatic rings. The number of hydrogen-bond donors (Lipinski definition) is 5. The van der Waals surface area contributed by atoms with E-state index in [1.54, 1.807) is 6.07 Å². The van der Waals surface area contributed by atoms with Crippen molar-refractivity contribution >= 4 is 10.9 Å². The fourth-order valence-electron chi connectivity index (χ4n) is 3.85. The van der Waals surface area contributed by atoms with Crippen molar-refractivity contribution in [2.75, 3.05) is 19.7 Å². The normalized spacial score (nSPS) is 27.8. The van der Waals surface area contributed by atoms with Gasteiger partial charge in [0.25, 0.3) is 0 Å². The van der Waals surface area contributed by atoms with E-state index in [2.05, 4.69) is 30.7 Å². The number of hydrogen-bond acceptors (Lipinski definition) is 7. The van der Waals surface area contributed by atoms with Crippen molar-refractivity contribution in [2.24, 2.45) is 0 Å². The number of rotatable bonds is 8. The average molecular weight is 408 g/mol. The molecule has 0 saturated carbocycles. The van der Waals surface area contributed by atoms with Gasteiger partial charge in [0.1, 0.15) is 30.2 Å². The van der Waals surface area contributed by atoms with Gasteiger partial charge in [-0.3, -0.25) is 0 Å². The van der Waals surface area contributed by atoms with E-state index in [-0.39, 0.29) is 0 Å². The zero-order chi connectivity index (χ0) is 21.1. The lowest BCUT2D eigenvalue weighted by Crippen LogP contribution is -2.60. The predicted molar refractivity (Wildman–Crippen MR) is 109 cm³/mol. The maximum Gasteiger partial charge on any atom is 0.229 e. The van der Waals surface area contributed by atoms with Crippen LogP contribution in [0, 0.1) is 0 Å². The lowest BCUT2D eigenvalue weighted by Gasteiger charge is -2.39. The third-order valence-corrected chi connectivity index (χ3v) is 5.65. The van der Waals surface area contributed by atoms with Crippen molar-refractivity contribution in [3.63, 3.8) is 0 Å². The van der Waals surface area contributed by atoms with E-state index in [4.69, 9.17) is 9.47 Å². The highest BCUT2D eigenvalue weighted by molar-refractivity contribution is 5.89. The summed E-state index contributed by atoms with van der Waals surface area (Å²) in [6, 6.07) is 6.00. The molecular weight excluding hydrogens is 376 g/mol. The van der Waals surface area contributed by atoms with Crippen molar-refractivity contribution in [3.05, 3.63) is 30.0 Å². The zero-order valence-corrected chi connectivity index (χ0v) is 17.2. The van der Waals surface area contributed by atoms with E-state index < -0.39 is 37.3 Å². The van der Waals surface area contributed by atoms with E-state index in [1.807, 2.05) is 18.3 Å². The highest BCUT2D eigenvalue weighted by Gasteiger charge is 2.44. The Hall–Kier alpha value is -1.68. The SMILES string of the molecule is CCN(CCc1c[nH]c2cccc(OC3OC(CO)C(O)C(O)C3O)c12)C(C)C. The van der Waals surface area contributed by atoms with Crippen molar-refractivity contribution in [1.29, 1.82) is 0 Å². The Labute approximate surface area is 170 Å². The van der Waals surface area contributed by atoms with Gasteiger partial charge in [-0.2, -0.15) is 0 Å². The number of aromatic amines is 1. The number of nitrogens with zero attached hydrogens (tertiary/aromatic N) is 1. The molecule has 0 radical (unpaired) electrons. The first-order valence-electron chi connectivity index (χ1n) is 10.2. The summed E-state index contributed by atoms with van der Waals surface area (Å²) in [5.41, 5.74) is 1.98. The Morgan fingerprint density at radius 2 is 1.93 bits per heavy atom. The molecule has 1 aromatic carbocycles. The van der Waals surface area contributed by atoms with Crippen LogP contribution in [-0.4, -0.2) is 86.8 Å². The highest BCUT2D eigenvalue weighted by atomic mass is 16.7. The van der Waals surface area contributed by atoms with Gasteiger partial charge in [0.15, 0.2) is 0 Å². The van der Waals surface area contributed by atoms with Crippen molar-refractivity contribution in [1.82, 2.24) is 9.88 Å². The summed E-state index contributed by atoms with van der Waals surface area (Å²) in [5, 5.41) is 40.5. The van der Waals surface area contributed by atoms with Gasteiger partial charge in [0.05, 0.1) is 6.61 Å². The van der Waals surface area contributed by atoms with E-state index >= 15 is 0 Å². The summed E-state index contributed by atoms with van der Waals surface area (Å²) in [5.74, 6) is 0.510. The molecule has 1 aliphatic rings. The van der Waals surface area contributed by atoms with Gasteiger partial charge in [-0.25, -0.2) is 0 Å². The molecule has 29 heavy (non-hydrogen) atoms. The molecule has 0 bridgehead atoms. The van der Waals surface area contributed by atoms with Gasteiger partial charge in [-0.15, -0.1) is 0 Å². The van der Waals surface area contributed by atoms with Gasteiger partial charge < -0.3 is 39.8 Å². The fourth-order valence-corrected chi connectivity index (χ4v) is 3.85. The zero-order valence-electron chi connectivity index (χ0n) is 17.2. The van der Waals surface area contributed by atoms with Crippen molar-refractivity contribution in [3.8, 4) is 5.75 Å². The fraction of sp³-hybridized carbons (Fsp3) is 0.619. The molecular formula is C21H32N2O6. The van der Waals surface area contributed by atoms with Gasteiger partial charge in [0, 0.05) is 29.7 Å². The van der Waals surface area contributed by atoms with Crippen LogP contribution in [0.3, 0.4) is 0 Å². The quantitative estimate of drug-likeness (QED) is 0.434. The largest absolute Gasteiger partial charge is 0.461 e. The number of aliphatic hydroxyl groups is 4. The molecule has 8 nitrogen and oxygen atoms in total. The summed E-state index contributed by atoms with van der Waals surface area (Å²) in [6.45, 7) is 7.86. The highest BCUT2D eigenvalue weighted by Crippen LogP contribution is 2.32. The minimum atomic E-state index is -1.47. The van der Waals surface area contributed by atoms with Crippen LogP contribution < -0.4 is 4.74 Å². The first-order chi connectivity index (χ1) is 13.9. The van der Waals surface area contributed by atoms with Crippen LogP contribution in [0.4, 0.5) is 0 Å². The number of aliphatic hydroxyl groups excluding tert-OH is 4. The maximum absolute atomic E-state index is 10.3. The second-order valence-corrected chi connectivity index (χ2v) is 7.78. The molecule has 5 N–H and O–H groups in total. The Kier molecular flexibility index (Phi) is 7.15. The maximum atomic E-state index is 10.3. The molecule has 162 valence electrons. The predicted octanol–water partition coefficient (Wildman–Crippen LogP) is 0.619. The van der Waals surface area contributed by atoms with Crippen LogP contribution in [0.1, 0.15) is 26.3 Å². The Morgan fingerprint density at radius 3 is 2.59 bits per heavy atom. The molecule has 2 heterocycles. The standard InChI is InChI=1S/C21H32N2O6/c1-4-23(12(2)3)9-8-13-10-22-14-6-5-7-15(17(13)14)28-21-20(27)19(26)18(25)16(11-24)29-21/h5-7,10,12,16,18-22,24-27H,4,8-9,11H2,1-3H3. The van der Waals surface area contributed by atoms with Crippen LogP contribution in [0.15, 0.2) is 24.4 Å². The monoisotopic (exact) mass is 408 g/mol. The van der Waals surface area contributed by atoms with E-state index in [9.17, 15) is 20.4 Å². The molecule has 3 rings (SSSR count). The summed E-state index contributed by atoms with van der Waals surface area (Å²) in [7, 11) is 0. The van der Waals surface area contributed by atoms with Gasteiger partial charge in [-0.05, 0) is 44.5 Å². The van der Waals surface area contributed by atoms with E-state index in [1.165, 1.54) is 0 Å². The average Bonchev–Trinajstić information content (AvgIpc) is 3.12. The number of benzene rings is 1. The molecule has 1 aromatic heterocycles. The van der Waals surface area contributed by atoms with Crippen LogP contribution in [0.5, 0.6) is 5.75 Å². The summed E-state index contributed by atoms with van der Waals surface area (Å²) in [6.07, 6.45) is -3.76. The minimum absolute atomic E-state index is 0.454. The Bertz CT molecular complexity index is 793. The van der Waals surface area contributed by atoms with E-state index in [0.29, 0.717) is 11.8 Å². The van der Waals surface area contributed by atoms with Crippen LogP contribution >= 0.6 is 0 Å². The van der Waals surface area contributed by atoms with Gasteiger partial charge in [-0.1, -0.05) is 13.0 Å². The summed E-state index contributed by atoms with van der Waals surface area (Å²) >= 11 is 0.